The predicted molar refractivity (Wildman–Crippen MR) is 122 cm³/mol. The second-order valence-electron chi connectivity index (χ2n) is 10.1. The molecule has 0 spiro atoms. The molecule has 2 bridgehead atoms. The molecule has 0 aliphatic heterocycles. The maximum absolute atomic E-state index is 13.5. The Balaban J connectivity index is 1.85. The molecule has 0 saturated heterocycles. The summed E-state index contributed by atoms with van der Waals surface area (Å²) in [5.41, 5.74) is 2.07. The van der Waals surface area contributed by atoms with E-state index in [1.54, 1.807) is 6.08 Å². The lowest BCUT2D eigenvalue weighted by atomic mass is 9.82. The molecule has 12 heteroatoms. The summed E-state index contributed by atoms with van der Waals surface area (Å²) < 4.78 is 91.4. The summed E-state index contributed by atoms with van der Waals surface area (Å²) in [6, 6.07) is 1.00. The summed E-state index contributed by atoms with van der Waals surface area (Å²) in [6.45, 7) is 6.09. The minimum Gasteiger partial charge on any atom is -0.345 e. The highest BCUT2D eigenvalue weighted by molar-refractivity contribution is 6.83. The second kappa shape index (κ2) is 9.92. The summed E-state index contributed by atoms with van der Waals surface area (Å²) in [5.74, 6) is -2.85. The van der Waals surface area contributed by atoms with E-state index in [-0.39, 0.29) is 18.0 Å². The number of carbonyl (C=O) groups is 2. The van der Waals surface area contributed by atoms with Crippen LogP contribution in [0.3, 0.4) is 0 Å². The number of carbonyl (C=O) groups excluding carboxylic acids is 2. The van der Waals surface area contributed by atoms with E-state index in [9.17, 15) is 40.3 Å². The Labute approximate surface area is 204 Å². The van der Waals surface area contributed by atoms with Crippen molar-refractivity contribution in [2.24, 2.45) is 17.8 Å². The molecule has 0 aromatic heterocycles. The molecule has 2 saturated carbocycles. The van der Waals surface area contributed by atoms with Crippen LogP contribution in [0.15, 0.2) is 29.8 Å². The maximum atomic E-state index is 13.5. The summed E-state index contributed by atoms with van der Waals surface area (Å²) in [6.07, 6.45) is -7.67. The molecule has 2 aliphatic carbocycles. The minimum atomic E-state index is -5.11. The van der Waals surface area contributed by atoms with Crippen molar-refractivity contribution in [3.05, 3.63) is 41.2 Å². The number of anilines is 1. The van der Waals surface area contributed by atoms with Crippen molar-refractivity contribution in [1.82, 2.24) is 5.32 Å². The van der Waals surface area contributed by atoms with E-state index in [0.29, 0.717) is 25.0 Å². The van der Waals surface area contributed by atoms with E-state index in [0.717, 1.165) is 11.6 Å². The molecule has 1 aromatic carbocycles. The zero-order chi connectivity index (χ0) is 27.1. The number of alkyl halides is 6. The fourth-order valence-corrected chi connectivity index (χ4v) is 5.38. The van der Waals surface area contributed by atoms with Gasteiger partial charge in [-0.15, -0.1) is 5.54 Å². The monoisotopic (exact) mass is 534 g/mol. The Bertz CT molecular complexity index is 1130. The summed E-state index contributed by atoms with van der Waals surface area (Å²) in [4.78, 5) is 24.4. The SMILES string of the molecule is C[Si](C)(C)C#C/C=C1\[C@H]2CC[C@@H]1[C@H](CC(=O)Nc1ccc(F)c(C(F)(F)F)c1)[C@H]2NC(=O)C(F)(F)F. The van der Waals surface area contributed by atoms with E-state index >= 15 is 0 Å². The third-order valence-corrected chi connectivity index (χ3v) is 7.17. The van der Waals surface area contributed by atoms with Gasteiger partial charge in [-0.3, -0.25) is 9.59 Å². The number of nitrogens with one attached hydrogen (secondary N) is 2. The number of fused-ring (bicyclic) bond motifs is 2. The smallest absolute Gasteiger partial charge is 0.345 e. The van der Waals surface area contributed by atoms with Gasteiger partial charge < -0.3 is 10.6 Å². The number of allylic oxidation sites excluding steroid dienone is 1. The van der Waals surface area contributed by atoms with Crippen LogP contribution in [0.1, 0.15) is 24.8 Å². The second-order valence-corrected chi connectivity index (χ2v) is 14.8. The van der Waals surface area contributed by atoms with Gasteiger partial charge in [0.25, 0.3) is 0 Å². The number of benzene rings is 1. The van der Waals surface area contributed by atoms with Gasteiger partial charge in [-0.1, -0.05) is 31.1 Å². The lowest BCUT2D eigenvalue weighted by Gasteiger charge is -2.31. The summed E-state index contributed by atoms with van der Waals surface area (Å²) in [7, 11) is -1.72. The predicted octanol–water partition coefficient (Wildman–Crippen LogP) is 5.68. The van der Waals surface area contributed by atoms with Gasteiger partial charge in [0, 0.05) is 24.1 Å². The lowest BCUT2D eigenvalue weighted by Crippen LogP contribution is -2.49. The van der Waals surface area contributed by atoms with Crippen molar-refractivity contribution in [1.29, 1.82) is 0 Å². The van der Waals surface area contributed by atoms with Crippen molar-refractivity contribution >= 4 is 25.6 Å². The first-order valence-corrected chi connectivity index (χ1v) is 14.7. The minimum absolute atomic E-state index is 0.301. The van der Waals surface area contributed by atoms with Crippen LogP contribution in [-0.4, -0.2) is 32.1 Å². The first kappa shape index (κ1) is 27.8. The molecule has 36 heavy (non-hydrogen) atoms. The number of amides is 2. The fraction of sp³-hybridized carbons (Fsp3) is 0.500. The van der Waals surface area contributed by atoms with Gasteiger partial charge >= 0.3 is 18.3 Å². The van der Waals surface area contributed by atoms with Crippen molar-refractivity contribution in [3.63, 3.8) is 0 Å². The van der Waals surface area contributed by atoms with Gasteiger partial charge in [0.2, 0.25) is 5.91 Å². The molecule has 3 rings (SSSR count). The van der Waals surface area contributed by atoms with Crippen LogP contribution >= 0.6 is 0 Å². The van der Waals surface area contributed by atoms with Crippen LogP contribution in [0, 0.1) is 35.0 Å². The number of hydrogen-bond acceptors (Lipinski definition) is 2. The maximum Gasteiger partial charge on any atom is 0.471 e. The van der Waals surface area contributed by atoms with Crippen LogP contribution in [0.25, 0.3) is 0 Å². The van der Waals surface area contributed by atoms with Gasteiger partial charge in [0.1, 0.15) is 13.9 Å². The van der Waals surface area contributed by atoms with E-state index in [2.05, 4.69) is 16.8 Å². The molecule has 4 atom stereocenters. The van der Waals surface area contributed by atoms with Gasteiger partial charge in [-0.05, 0) is 49.0 Å². The highest BCUT2D eigenvalue weighted by atomic mass is 28.3. The molecule has 2 amide bonds. The van der Waals surface area contributed by atoms with Crippen molar-refractivity contribution in [2.75, 3.05) is 5.32 Å². The molecular weight excluding hydrogens is 509 g/mol. The molecule has 4 nitrogen and oxygen atoms in total. The average Bonchev–Trinajstić information content (AvgIpc) is 3.23. The van der Waals surface area contributed by atoms with Crippen LogP contribution in [-0.2, 0) is 15.8 Å². The molecule has 2 N–H and O–H groups in total. The van der Waals surface area contributed by atoms with E-state index in [1.165, 1.54) is 0 Å². The Hall–Kier alpha value is -2.81. The first-order chi connectivity index (χ1) is 16.5. The third kappa shape index (κ3) is 6.49. The Morgan fingerprint density at radius 3 is 2.31 bits per heavy atom. The number of halogens is 7. The van der Waals surface area contributed by atoms with E-state index < -0.39 is 61.5 Å². The van der Waals surface area contributed by atoms with Crippen molar-refractivity contribution < 1.29 is 40.3 Å². The highest BCUT2D eigenvalue weighted by Gasteiger charge is 2.54. The van der Waals surface area contributed by atoms with Gasteiger partial charge in [-0.2, -0.15) is 26.3 Å². The van der Waals surface area contributed by atoms with E-state index in [1.807, 2.05) is 25.0 Å². The average molecular weight is 535 g/mol. The van der Waals surface area contributed by atoms with Crippen LogP contribution < -0.4 is 10.6 Å². The number of hydrogen-bond donors (Lipinski definition) is 2. The molecule has 2 fully saturated rings. The lowest BCUT2D eigenvalue weighted by molar-refractivity contribution is -0.175. The first-order valence-electron chi connectivity index (χ1n) is 11.2. The summed E-state index contributed by atoms with van der Waals surface area (Å²) >= 11 is 0. The van der Waals surface area contributed by atoms with Gasteiger partial charge in [0.15, 0.2) is 0 Å². The van der Waals surface area contributed by atoms with Gasteiger partial charge in [-0.25, -0.2) is 4.39 Å². The largest absolute Gasteiger partial charge is 0.471 e. The molecular formula is C24H25F7N2O2Si. The molecule has 0 heterocycles. The standard InChI is InChI=1S/C24H25F7N2O2Si/c1-36(2,3)10-4-5-14-15-7-8-16(14)21(33-22(35)24(29,30)31)17(15)12-20(34)32-13-6-9-19(25)18(11-13)23(26,27)28/h5-6,9,11,15-17,21H,7-8,12H2,1-3H3,(H,32,34)(H,33,35)/b14-5-/t15-,16+,17-,21-/m0/s1. The molecule has 1 aromatic rings. The Morgan fingerprint density at radius 1 is 1.08 bits per heavy atom. The van der Waals surface area contributed by atoms with E-state index in [4.69, 9.17) is 0 Å². The topological polar surface area (TPSA) is 58.2 Å². The zero-order valence-electron chi connectivity index (χ0n) is 19.7. The normalized spacial score (nSPS) is 24.9. The van der Waals surface area contributed by atoms with Crippen LogP contribution in [0.5, 0.6) is 0 Å². The zero-order valence-corrected chi connectivity index (χ0v) is 20.7. The quantitative estimate of drug-likeness (QED) is 0.297. The van der Waals surface area contributed by atoms with Crippen LogP contribution in [0.2, 0.25) is 19.6 Å². The number of rotatable bonds is 4. The molecule has 196 valence electrons. The van der Waals surface area contributed by atoms with Crippen molar-refractivity contribution in [3.8, 4) is 11.5 Å². The summed E-state index contributed by atoms with van der Waals surface area (Å²) in [5, 5.41) is 4.29. The molecule has 0 radical (unpaired) electrons. The van der Waals surface area contributed by atoms with Crippen LogP contribution in [0.4, 0.5) is 36.4 Å². The molecule has 0 unspecified atom stereocenters. The third-order valence-electron chi connectivity index (χ3n) is 6.27. The van der Waals surface area contributed by atoms with Gasteiger partial charge in [0.05, 0.1) is 5.56 Å². The fourth-order valence-electron chi connectivity index (χ4n) is 4.87. The highest BCUT2D eigenvalue weighted by Crippen LogP contribution is 2.53. The Morgan fingerprint density at radius 2 is 1.72 bits per heavy atom. The molecule has 2 aliphatic rings. The van der Waals surface area contributed by atoms with Crippen molar-refractivity contribution in [2.45, 2.75) is 57.3 Å². The Kier molecular flexibility index (Phi) is 7.65.